The number of benzene rings is 2. The molecule has 2 aromatic rings. The van der Waals surface area contributed by atoms with Crippen molar-refractivity contribution in [2.24, 2.45) is 5.73 Å². The Morgan fingerprint density at radius 1 is 1.07 bits per heavy atom. The number of carboxylic acid groups (broad SMARTS) is 1. The van der Waals surface area contributed by atoms with Crippen LogP contribution in [0.25, 0.3) is 11.1 Å². The lowest BCUT2D eigenvalue weighted by atomic mass is 10.0. The first-order valence-electron chi connectivity index (χ1n) is 8.50. The summed E-state index contributed by atoms with van der Waals surface area (Å²) >= 11 is 0. The Hall–Kier alpha value is -3.55. The van der Waals surface area contributed by atoms with Crippen molar-refractivity contribution in [2.45, 2.75) is 18.9 Å². The van der Waals surface area contributed by atoms with Crippen molar-refractivity contribution in [3.63, 3.8) is 0 Å². The van der Waals surface area contributed by atoms with Crippen molar-refractivity contribution in [2.75, 3.05) is 14.2 Å². The monoisotopic (exact) mass is 386 g/mol. The van der Waals surface area contributed by atoms with Crippen molar-refractivity contribution in [1.29, 1.82) is 0 Å². The minimum atomic E-state index is -1.26. The number of primary amides is 1. The summed E-state index contributed by atoms with van der Waals surface area (Å²) in [5.41, 5.74) is 6.73. The molecule has 0 aromatic heterocycles. The fraction of sp³-hybridized carbons (Fsp3) is 0.250. The number of rotatable bonds is 9. The van der Waals surface area contributed by atoms with Gasteiger partial charge < -0.3 is 25.6 Å². The van der Waals surface area contributed by atoms with Crippen molar-refractivity contribution in [3.8, 4) is 22.6 Å². The van der Waals surface area contributed by atoms with Crippen LogP contribution < -0.4 is 20.5 Å². The Balaban J connectivity index is 2.36. The number of aliphatic carboxylic acids is 1. The Bertz CT molecular complexity index is 841. The van der Waals surface area contributed by atoms with Gasteiger partial charge in [-0.05, 0) is 24.1 Å². The maximum Gasteiger partial charge on any atom is 0.326 e. The molecule has 8 nitrogen and oxygen atoms in total. The van der Waals surface area contributed by atoms with Gasteiger partial charge in [-0.2, -0.15) is 0 Å². The third-order valence-corrected chi connectivity index (χ3v) is 4.11. The summed E-state index contributed by atoms with van der Waals surface area (Å²) in [4.78, 5) is 34.8. The number of hydrogen-bond acceptors (Lipinski definition) is 5. The van der Waals surface area contributed by atoms with Crippen molar-refractivity contribution in [3.05, 3.63) is 48.0 Å². The second-order valence-electron chi connectivity index (χ2n) is 5.99. The average Bonchev–Trinajstić information content (AvgIpc) is 2.69. The standard InChI is InChI=1S/C20H22N2O6/c1-27-15-10-13(19(24)22-14(20(25)26)8-9-17(21)23)11-16(28-2)18(15)12-6-4-3-5-7-12/h3-7,10-11,14H,8-9H2,1-2H3,(H2,21,23)(H,22,24)(H,25,26)/t14-/m0/s1. The van der Waals surface area contributed by atoms with Gasteiger partial charge in [0.05, 0.1) is 19.8 Å². The van der Waals surface area contributed by atoms with Crippen LogP contribution in [0.2, 0.25) is 0 Å². The van der Waals surface area contributed by atoms with Crippen LogP contribution in [0.5, 0.6) is 11.5 Å². The van der Waals surface area contributed by atoms with E-state index >= 15 is 0 Å². The number of nitrogens with one attached hydrogen (secondary N) is 1. The van der Waals surface area contributed by atoms with Crippen molar-refractivity contribution < 1.29 is 29.0 Å². The summed E-state index contributed by atoms with van der Waals surface area (Å²) in [6.07, 6.45) is -0.260. The van der Waals surface area contributed by atoms with E-state index in [0.717, 1.165) is 5.56 Å². The van der Waals surface area contributed by atoms with E-state index in [0.29, 0.717) is 17.1 Å². The molecule has 0 aliphatic carbocycles. The number of carbonyl (C=O) groups excluding carboxylic acids is 2. The molecule has 0 aliphatic heterocycles. The van der Waals surface area contributed by atoms with Crippen LogP contribution >= 0.6 is 0 Å². The molecule has 28 heavy (non-hydrogen) atoms. The predicted octanol–water partition coefficient (Wildman–Crippen LogP) is 1.82. The van der Waals surface area contributed by atoms with Crippen LogP contribution in [0.3, 0.4) is 0 Å². The lowest BCUT2D eigenvalue weighted by molar-refractivity contribution is -0.139. The van der Waals surface area contributed by atoms with Gasteiger partial charge in [-0.1, -0.05) is 30.3 Å². The van der Waals surface area contributed by atoms with Crippen LogP contribution in [0.15, 0.2) is 42.5 Å². The Kier molecular flexibility index (Phi) is 6.97. The lowest BCUT2D eigenvalue weighted by Crippen LogP contribution is -2.41. The minimum absolute atomic E-state index is 0.104. The third-order valence-electron chi connectivity index (χ3n) is 4.11. The topological polar surface area (TPSA) is 128 Å². The first kappa shape index (κ1) is 20.8. The van der Waals surface area contributed by atoms with Crippen LogP contribution in [0, 0.1) is 0 Å². The molecule has 1 atom stereocenters. The SMILES string of the molecule is COc1cc(C(=O)N[C@@H](CCC(N)=O)C(=O)O)cc(OC)c1-c1ccccc1. The van der Waals surface area contributed by atoms with E-state index in [1.807, 2.05) is 30.3 Å². The Labute approximate surface area is 162 Å². The highest BCUT2D eigenvalue weighted by Crippen LogP contribution is 2.39. The second kappa shape index (κ2) is 9.40. The molecule has 2 rings (SSSR count). The maximum absolute atomic E-state index is 12.6. The van der Waals surface area contributed by atoms with E-state index in [1.54, 1.807) is 0 Å². The molecule has 0 aliphatic rings. The lowest BCUT2D eigenvalue weighted by Gasteiger charge is -2.17. The highest BCUT2D eigenvalue weighted by atomic mass is 16.5. The van der Waals surface area contributed by atoms with Gasteiger partial charge >= 0.3 is 5.97 Å². The normalized spacial score (nSPS) is 11.4. The molecular weight excluding hydrogens is 364 g/mol. The fourth-order valence-corrected chi connectivity index (χ4v) is 2.72. The zero-order chi connectivity index (χ0) is 20.7. The molecule has 8 heteroatoms. The summed E-state index contributed by atoms with van der Waals surface area (Å²) in [6, 6.07) is 11.1. The summed E-state index contributed by atoms with van der Waals surface area (Å²) < 4.78 is 10.9. The van der Waals surface area contributed by atoms with E-state index < -0.39 is 23.8 Å². The summed E-state index contributed by atoms with van der Waals surface area (Å²) in [5, 5.41) is 11.7. The number of hydrogen-bond donors (Lipinski definition) is 3. The summed E-state index contributed by atoms with van der Waals surface area (Å²) in [7, 11) is 2.94. The van der Waals surface area contributed by atoms with Gasteiger partial charge in [-0.15, -0.1) is 0 Å². The Morgan fingerprint density at radius 2 is 1.64 bits per heavy atom. The highest BCUT2D eigenvalue weighted by Gasteiger charge is 2.23. The fourth-order valence-electron chi connectivity index (χ4n) is 2.72. The maximum atomic E-state index is 12.6. The molecule has 0 radical (unpaired) electrons. The molecule has 2 amide bonds. The van der Waals surface area contributed by atoms with Crippen molar-refractivity contribution >= 4 is 17.8 Å². The van der Waals surface area contributed by atoms with Gasteiger partial charge in [0.1, 0.15) is 17.5 Å². The molecule has 0 heterocycles. The molecule has 0 spiro atoms. The number of ether oxygens (including phenoxy) is 2. The first-order chi connectivity index (χ1) is 13.4. The second-order valence-corrected chi connectivity index (χ2v) is 5.99. The van der Waals surface area contributed by atoms with Crippen molar-refractivity contribution in [1.82, 2.24) is 5.32 Å². The number of nitrogens with two attached hydrogens (primary N) is 1. The minimum Gasteiger partial charge on any atom is -0.496 e. The third kappa shape index (κ3) is 5.00. The number of carbonyl (C=O) groups is 3. The van der Waals surface area contributed by atoms with Gasteiger partial charge in [-0.25, -0.2) is 4.79 Å². The molecule has 148 valence electrons. The van der Waals surface area contributed by atoms with E-state index in [9.17, 15) is 19.5 Å². The molecule has 0 bridgehead atoms. The summed E-state index contributed by atoms with van der Waals surface area (Å²) in [5.74, 6) is -1.72. The van der Waals surface area contributed by atoms with Gasteiger partial charge in [0.25, 0.3) is 5.91 Å². The van der Waals surface area contributed by atoms with Gasteiger partial charge in [0.15, 0.2) is 0 Å². The molecular formula is C20H22N2O6. The smallest absolute Gasteiger partial charge is 0.326 e. The molecule has 0 fully saturated rings. The Morgan fingerprint density at radius 3 is 2.11 bits per heavy atom. The molecule has 2 aromatic carbocycles. The first-order valence-corrected chi connectivity index (χ1v) is 8.50. The van der Waals surface area contributed by atoms with E-state index in [1.165, 1.54) is 26.4 Å². The summed E-state index contributed by atoms with van der Waals surface area (Å²) in [6.45, 7) is 0. The zero-order valence-corrected chi connectivity index (χ0v) is 15.6. The highest BCUT2D eigenvalue weighted by molar-refractivity contribution is 5.99. The zero-order valence-electron chi connectivity index (χ0n) is 15.6. The largest absolute Gasteiger partial charge is 0.496 e. The van der Waals surface area contributed by atoms with Crippen LogP contribution in [0.4, 0.5) is 0 Å². The van der Waals surface area contributed by atoms with Gasteiger partial charge in [0, 0.05) is 12.0 Å². The molecule has 0 unspecified atom stereocenters. The van der Waals surface area contributed by atoms with Crippen LogP contribution in [-0.4, -0.2) is 43.2 Å². The molecule has 4 N–H and O–H groups in total. The molecule has 0 saturated heterocycles. The van der Waals surface area contributed by atoms with E-state index in [4.69, 9.17) is 15.2 Å². The number of methoxy groups -OCH3 is 2. The van der Waals surface area contributed by atoms with E-state index in [2.05, 4.69) is 5.32 Å². The number of amides is 2. The van der Waals surface area contributed by atoms with Gasteiger partial charge in [0.2, 0.25) is 5.91 Å². The van der Waals surface area contributed by atoms with Gasteiger partial charge in [-0.3, -0.25) is 9.59 Å². The average molecular weight is 386 g/mol. The van der Waals surface area contributed by atoms with E-state index in [-0.39, 0.29) is 18.4 Å². The van der Waals surface area contributed by atoms with Crippen LogP contribution in [-0.2, 0) is 9.59 Å². The molecule has 0 saturated carbocycles. The predicted molar refractivity (Wildman–Crippen MR) is 102 cm³/mol. The van der Waals surface area contributed by atoms with Crippen LogP contribution in [0.1, 0.15) is 23.2 Å². The quantitative estimate of drug-likeness (QED) is 0.603. The number of carboxylic acids is 1.